The number of benzene rings is 1. The first-order valence-corrected chi connectivity index (χ1v) is 6.37. The van der Waals surface area contributed by atoms with Crippen LogP contribution >= 0.6 is 0 Å². The molecular weight excluding hydrogens is 343 g/mol. The van der Waals surface area contributed by atoms with E-state index in [-0.39, 0.29) is 0 Å². The molecule has 11 heteroatoms. The van der Waals surface area contributed by atoms with Gasteiger partial charge in [0, 0.05) is 0 Å². The monoisotopic (exact) mass is 356 g/mol. The highest BCUT2D eigenvalue weighted by Crippen LogP contribution is 2.35. The van der Waals surface area contributed by atoms with Crippen molar-refractivity contribution in [3.8, 4) is 0 Å². The second kappa shape index (κ2) is 6.99. The maximum atomic E-state index is 13.5. The first-order valence-electron chi connectivity index (χ1n) is 6.37. The number of carbonyl (C=O) groups excluding carboxylic acids is 1. The van der Waals surface area contributed by atoms with Gasteiger partial charge in [0.2, 0.25) is 0 Å². The summed E-state index contributed by atoms with van der Waals surface area (Å²) in [5.74, 6) is -4.76. The van der Waals surface area contributed by atoms with E-state index in [0.717, 1.165) is 13.0 Å². The first-order chi connectivity index (χ1) is 10.9. The molecule has 24 heavy (non-hydrogen) atoms. The van der Waals surface area contributed by atoms with Gasteiger partial charge in [-0.1, -0.05) is 6.07 Å². The van der Waals surface area contributed by atoms with Crippen LogP contribution in [0.2, 0.25) is 0 Å². The van der Waals surface area contributed by atoms with Gasteiger partial charge in [0.15, 0.2) is 11.6 Å². The van der Waals surface area contributed by atoms with Gasteiger partial charge in [0.25, 0.3) is 0 Å². The third-order valence-electron chi connectivity index (χ3n) is 2.95. The highest BCUT2D eigenvalue weighted by atomic mass is 19.4. The van der Waals surface area contributed by atoms with Crippen LogP contribution in [0, 0.1) is 11.6 Å². The lowest BCUT2D eigenvalue weighted by Crippen LogP contribution is -2.51. The van der Waals surface area contributed by atoms with Gasteiger partial charge in [-0.25, -0.2) is 18.4 Å². The van der Waals surface area contributed by atoms with E-state index in [2.05, 4.69) is 0 Å². The Balaban J connectivity index is 2.97. The number of hydrogen-bond acceptors (Lipinski definition) is 3. The van der Waals surface area contributed by atoms with Crippen molar-refractivity contribution in [1.29, 1.82) is 0 Å². The van der Waals surface area contributed by atoms with Crippen molar-refractivity contribution in [3.63, 3.8) is 0 Å². The summed E-state index contributed by atoms with van der Waals surface area (Å²) in [6.07, 6.45) is -5.23. The summed E-state index contributed by atoms with van der Waals surface area (Å²) in [4.78, 5) is 22.1. The Bertz CT molecular complexity index is 613. The molecule has 1 aromatic carbocycles. The van der Waals surface area contributed by atoms with Crippen LogP contribution < -0.4 is 10.6 Å². The molecule has 0 fully saturated rings. The molecule has 4 N–H and O–H groups in total. The van der Waals surface area contributed by atoms with Crippen LogP contribution in [-0.4, -0.2) is 40.5 Å². The van der Waals surface area contributed by atoms with E-state index >= 15 is 0 Å². The van der Waals surface area contributed by atoms with Crippen molar-refractivity contribution in [2.75, 3.05) is 6.54 Å². The Morgan fingerprint density at radius 3 is 2.12 bits per heavy atom. The predicted octanol–water partition coefficient (Wildman–Crippen LogP) is 1.70. The summed E-state index contributed by atoms with van der Waals surface area (Å²) in [5.41, 5.74) is -3.85. The number of carbonyl (C=O) groups is 2. The standard InChI is InChI=1S/C13H13F5N2O4/c1-12(24,10(21)22)5-19-11(23)20-9(13(16,17)18)8-6(14)3-2-4-7(8)15/h2-4,9,24H,5H2,1H3,(H,21,22)(H2,19,20,23). The molecule has 0 bridgehead atoms. The summed E-state index contributed by atoms with van der Waals surface area (Å²) >= 11 is 0. The molecule has 0 heterocycles. The maximum absolute atomic E-state index is 13.5. The average Bonchev–Trinajstić information content (AvgIpc) is 2.42. The molecule has 134 valence electrons. The molecule has 0 saturated heterocycles. The molecule has 2 atom stereocenters. The van der Waals surface area contributed by atoms with Gasteiger partial charge in [-0.15, -0.1) is 0 Å². The average molecular weight is 356 g/mol. The van der Waals surface area contributed by atoms with E-state index in [9.17, 15) is 36.6 Å². The number of carboxylic acid groups (broad SMARTS) is 1. The zero-order valence-electron chi connectivity index (χ0n) is 12.1. The van der Waals surface area contributed by atoms with Gasteiger partial charge in [0.1, 0.15) is 11.6 Å². The fourth-order valence-corrected chi connectivity index (χ4v) is 1.61. The quantitative estimate of drug-likeness (QED) is 0.604. The SMILES string of the molecule is CC(O)(CNC(=O)NC(c1c(F)cccc1F)C(F)(F)F)C(=O)O. The summed E-state index contributed by atoms with van der Waals surface area (Å²) in [7, 11) is 0. The maximum Gasteiger partial charge on any atom is 0.413 e. The molecule has 0 radical (unpaired) electrons. The van der Waals surface area contributed by atoms with Crippen LogP contribution in [0.3, 0.4) is 0 Å². The van der Waals surface area contributed by atoms with E-state index in [1.807, 2.05) is 0 Å². The van der Waals surface area contributed by atoms with Gasteiger partial charge < -0.3 is 20.8 Å². The summed E-state index contributed by atoms with van der Waals surface area (Å²) in [6.45, 7) is -0.133. The number of carboxylic acids is 1. The molecule has 1 rings (SSSR count). The van der Waals surface area contributed by atoms with Crippen molar-refractivity contribution in [2.24, 2.45) is 0 Å². The summed E-state index contributed by atoms with van der Waals surface area (Å²) in [5, 5.41) is 21.0. The Kier molecular flexibility index (Phi) is 5.71. The smallest absolute Gasteiger partial charge is 0.413 e. The van der Waals surface area contributed by atoms with Crippen molar-refractivity contribution in [2.45, 2.75) is 24.7 Å². The minimum atomic E-state index is -5.23. The molecule has 0 spiro atoms. The van der Waals surface area contributed by atoms with Gasteiger partial charge in [-0.2, -0.15) is 13.2 Å². The Morgan fingerprint density at radius 1 is 1.21 bits per heavy atom. The van der Waals surface area contributed by atoms with Crippen LogP contribution in [0.1, 0.15) is 18.5 Å². The third kappa shape index (κ3) is 4.78. The van der Waals surface area contributed by atoms with Crippen molar-refractivity contribution in [3.05, 3.63) is 35.4 Å². The minimum absolute atomic E-state index is 0.589. The van der Waals surface area contributed by atoms with Crippen LogP contribution in [-0.2, 0) is 4.79 Å². The Hall–Kier alpha value is -2.43. The largest absolute Gasteiger partial charge is 0.479 e. The number of hydrogen-bond donors (Lipinski definition) is 4. The van der Waals surface area contributed by atoms with Crippen molar-refractivity contribution in [1.82, 2.24) is 10.6 Å². The number of aliphatic carboxylic acids is 1. The lowest BCUT2D eigenvalue weighted by atomic mass is 10.0. The normalized spacial score (nSPS) is 15.3. The first kappa shape index (κ1) is 19.6. The molecule has 0 aromatic heterocycles. The molecule has 2 amide bonds. The number of rotatable bonds is 5. The minimum Gasteiger partial charge on any atom is -0.479 e. The number of alkyl halides is 3. The Morgan fingerprint density at radius 2 is 1.71 bits per heavy atom. The topological polar surface area (TPSA) is 98.7 Å². The van der Waals surface area contributed by atoms with Gasteiger partial charge >= 0.3 is 18.2 Å². The predicted molar refractivity (Wildman–Crippen MR) is 69.9 cm³/mol. The fraction of sp³-hybridized carbons (Fsp3) is 0.385. The molecule has 0 saturated carbocycles. The lowest BCUT2D eigenvalue weighted by molar-refractivity contribution is -0.157. The molecular formula is C13H13F5N2O4. The number of urea groups is 1. The number of aliphatic hydroxyl groups is 1. The van der Waals surface area contributed by atoms with E-state index < -0.39 is 53.6 Å². The fourth-order valence-electron chi connectivity index (χ4n) is 1.61. The van der Waals surface area contributed by atoms with Gasteiger partial charge in [-0.05, 0) is 19.1 Å². The zero-order chi connectivity index (χ0) is 18.7. The molecule has 6 nitrogen and oxygen atoms in total. The Labute approximate surface area is 132 Å². The van der Waals surface area contributed by atoms with E-state index in [1.54, 1.807) is 5.32 Å². The van der Waals surface area contributed by atoms with E-state index in [1.165, 1.54) is 5.32 Å². The third-order valence-corrected chi connectivity index (χ3v) is 2.95. The number of halogens is 5. The summed E-state index contributed by atoms with van der Waals surface area (Å²) < 4.78 is 66.1. The van der Waals surface area contributed by atoms with E-state index in [4.69, 9.17) is 5.11 Å². The van der Waals surface area contributed by atoms with Crippen LogP contribution in [0.15, 0.2) is 18.2 Å². The highest BCUT2D eigenvalue weighted by Gasteiger charge is 2.45. The van der Waals surface area contributed by atoms with Gasteiger partial charge in [0.05, 0.1) is 12.1 Å². The van der Waals surface area contributed by atoms with E-state index in [0.29, 0.717) is 12.1 Å². The molecule has 1 aromatic rings. The second-order valence-electron chi connectivity index (χ2n) is 5.02. The number of nitrogens with one attached hydrogen (secondary N) is 2. The molecule has 2 unspecified atom stereocenters. The molecule has 0 aliphatic rings. The lowest BCUT2D eigenvalue weighted by Gasteiger charge is -2.24. The van der Waals surface area contributed by atoms with Crippen LogP contribution in [0.4, 0.5) is 26.7 Å². The second-order valence-corrected chi connectivity index (χ2v) is 5.02. The van der Waals surface area contributed by atoms with Gasteiger partial charge in [-0.3, -0.25) is 0 Å². The summed E-state index contributed by atoms with van der Waals surface area (Å²) in [6, 6.07) is -2.54. The number of amides is 2. The highest BCUT2D eigenvalue weighted by molar-refractivity contribution is 5.79. The van der Waals surface area contributed by atoms with Crippen LogP contribution in [0.5, 0.6) is 0 Å². The van der Waals surface area contributed by atoms with Crippen molar-refractivity contribution >= 4 is 12.0 Å². The zero-order valence-corrected chi connectivity index (χ0v) is 12.1. The van der Waals surface area contributed by atoms with Crippen LogP contribution in [0.25, 0.3) is 0 Å². The van der Waals surface area contributed by atoms with Crippen molar-refractivity contribution < 1.29 is 41.8 Å². The molecule has 0 aliphatic carbocycles. The molecule has 0 aliphatic heterocycles.